The van der Waals surface area contributed by atoms with Gasteiger partial charge in [-0.25, -0.2) is 0 Å². The van der Waals surface area contributed by atoms with E-state index in [0.717, 1.165) is 0 Å². The molecule has 2 aliphatic rings. The number of hydrogen-bond donors (Lipinski definition) is 0. The van der Waals surface area contributed by atoms with E-state index in [2.05, 4.69) is 4.99 Å². The molecule has 0 N–H and O–H groups in total. The SMILES string of the molecule is CC1=NC(C2CC2)CC(C)(F)O1. The largest absolute Gasteiger partial charge is 0.446 e. The molecule has 0 amide bonds. The summed E-state index contributed by atoms with van der Waals surface area (Å²) in [4.78, 5) is 4.29. The highest BCUT2D eigenvalue weighted by Gasteiger charge is 2.41. The van der Waals surface area contributed by atoms with Gasteiger partial charge in [0.1, 0.15) is 0 Å². The Morgan fingerprint density at radius 3 is 2.75 bits per heavy atom. The lowest BCUT2D eigenvalue weighted by Crippen LogP contribution is -2.35. The van der Waals surface area contributed by atoms with Gasteiger partial charge in [-0.15, -0.1) is 0 Å². The van der Waals surface area contributed by atoms with Gasteiger partial charge in [0.2, 0.25) is 5.85 Å². The van der Waals surface area contributed by atoms with Crippen LogP contribution in [0.4, 0.5) is 4.39 Å². The molecule has 1 aliphatic heterocycles. The minimum atomic E-state index is -1.49. The molecule has 0 bridgehead atoms. The predicted octanol–water partition coefficient (Wildman–Crippen LogP) is 2.29. The first kappa shape index (κ1) is 8.02. The van der Waals surface area contributed by atoms with Crippen LogP contribution in [0.25, 0.3) is 0 Å². The normalized spacial score (nSPS) is 41.9. The van der Waals surface area contributed by atoms with Crippen molar-refractivity contribution >= 4 is 5.90 Å². The van der Waals surface area contributed by atoms with E-state index in [1.807, 2.05) is 0 Å². The van der Waals surface area contributed by atoms with Gasteiger partial charge in [-0.05, 0) is 18.8 Å². The lowest BCUT2D eigenvalue weighted by atomic mass is 10.0. The summed E-state index contributed by atoms with van der Waals surface area (Å²) in [5.41, 5.74) is 0. The van der Waals surface area contributed by atoms with Gasteiger partial charge in [0.05, 0.1) is 6.04 Å². The third-order valence-electron chi connectivity index (χ3n) is 2.45. The Labute approximate surface area is 71.8 Å². The second-order valence-corrected chi connectivity index (χ2v) is 3.96. The first-order valence-electron chi connectivity index (χ1n) is 4.49. The topological polar surface area (TPSA) is 21.6 Å². The molecule has 12 heavy (non-hydrogen) atoms. The van der Waals surface area contributed by atoms with Gasteiger partial charge < -0.3 is 4.74 Å². The molecule has 0 radical (unpaired) electrons. The van der Waals surface area contributed by atoms with E-state index in [9.17, 15) is 4.39 Å². The molecule has 0 aromatic carbocycles. The fourth-order valence-corrected chi connectivity index (χ4v) is 1.78. The van der Waals surface area contributed by atoms with Crippen LogP contribution in [0.3, 0.4) is 0 Å². The first-order valence-corrected chi connectivity index (χ1v) is 4.49. The summed E-state index contributed by atoms with van der Waals surface area (Å²) in [5.74, 6) is -0.360. The summed E-state index contributed by atoms with van der Waals surface area (Å²) in [6.07, 6.45) is 2.84. The van der Waals surface area contributed by atoms with Crippen LogP contribution in [0.2, 0.25) is 0 Å². The number of alkyl halides is 1. The molecule has 0 saturated heterocycles. The molecular formula is C9H14FNO. The zero-order chi connectivity index (χ0) is 8.77. The van der Waals surface area contributed by atoms with E-state index in [4.69, 9.17) is 4.74 Å². The smallest absolute Gasteiger partial charge is 0.249 e. The highest BCUT2D eigenvalue weighted by Crippen LogP contribution is 2.40. The van der Waals surface area contributed by atoms with Gasteiger partial charge in [0.25, 0.3) is 0 Å². The molecule has 1 saturated carbocycles. The van der Waals surface area contributed by atoms with Crippen LogP contribution in [0.5, 0.6) is 0 Å². The average molecular weight is 171 g/mol. The van der Waals surface area contributed by atoms with E-state index in [1.54, 1.807) is 6.92 Å². The van der Waals surface area contributed by atoms with Gasteiger partial charge in [-0.3, -0.25) is 4.99 Å². The quantitative estimate of drug-likeness (QED) is 0.593. The summed E-state index contributed by atoms with van der Waals surface area (Å²) in [6.45, 7) is 3.22. The summed E-state index contributed by atoms with van der Waals surface area (Å²) in [5, 5.41) is 0. The Kier molecular flexibility index (Phi) is 1.63. The molecule has 0 aromatic heterocycles. The molecular weight excluding hydrogens is 157 g/mol. The van der Waals surface area contributed by atoms with Crippen molar-refractivity contribution in [3.63, 3.8) is 0 Å². The van der Waals surface area contributed by atoms with Crippen LogP contribution in [-0.2, 0) is 4.74 Å². The van der Waals surface area contributed by atoms with Crippen molar-refractivity contribution in [1.82, 2.24) is 0 Å². The maximum Gasteiger partial charge on any atom is 0.249 e. The third kappa shape index (κ3) is 1.59. The Morgan fingerprint density at radius 2 is 2.25 bits per heavy atom. The number of hydrogen-bond acceptors (Lipinski definition) is 2. The monoisotopic (exact) mass is 171 g/mol. The standard InChI is InChI=1S/C9H14FNO/c1-6-11-8(7-3-4-7)5-9(2,10)12-6/h7-8H,3-5H2,1-2H3. The van der Waals surface area contributed by atoms with Crippen LogP contribution in [0, 0.1) is 5.92 Å². The minimum Gasteiger partial charge on any atom is -0.446 e. The molecule has 2 atom stereocenters. The maximum atomic E-state index is 13.5. The van der Waals surface area contributed by atoms with Crippen molar-refractivity contribution in [3.05, 3.63) is 0 Å². The van der Waals surface area contributed by atoms with Gasteiger partial charge >= 0.3 is 0 Å². The fourth-order valence-electron chi connectivity index (χ4n) is 1.78. The summed E-state index contributed by atoms with van der Waals surface area (Å²) in [7, 11) is 0. The second-order valence-electron chi connectivity index (χ2n) is 3.96. The Hall–Kier alpha value is -0.600. The van der Waals surface area contributed by atoms with Crippen molar-refractivity contribution in [2.24, 2.45) is 10.9 Å². The van der Waals surface area contributed by atoms with Crippen LogP contribution in [0.15, 0.2) is 4.99 Å². The predicted molar refractivity (Wildman–Crippen MR) is 44.8 cm³/mol. The van der Waals surface area contributed by atoms with E-state index in [1.165, 1.54) is 19.8 Å². The van der Waals surface area contributed by atoms with Crippen molar-refractivity contribution < 1.29 is 9.13 Å². The van der Waals surface area contributed by atoms with Crippen LogP contribution >= 0.6 is 0 Å². The number of nitrogens with zero attached hydrogens (tertiary/aromatic N) is 1. The zero-order valence-corrected chi connectivity index (χ0v) is 7.51. The van der Waals surface area contributed by atoms with Crippen LogP contribution < -0.4 is 0 Å². The number of aliphatic imine (C=N–C) groups is 1. The summed E-state index contributed by atoms with van der Waals surface area (Å²) in [6, 6.07) is 0.175. The van der Waals surface area contributed by atoms with Gasteiger partial charge in [0, 0.05) is 20.3 Å². The molecule has 1 heterocycles. The summed E-state index contributed by atoms with van der Waals surface area (Å²) < 4.78 is 18.4. The van der Waals surface area contributed by atoms with Gasteiger partial charge in [-0.1, -0.05) is 0 Å². The van der Waals surface area contributed by atoms with Crippen molar-refractivity contribution in [2.75, 3.05) is 0 Å². The number of ether oxygens (including phenoxy) is 1. The van der Waals surface area contributed by atoms with E-state index >= 15 is 0 Å². The molecule has 3 heteroatoms. The Morgan fingerprint density at radius 1 is 1.58 bits per heavy atom. The molecule has 1 aliphatic carbocycles. The van der Waals surface area contributed by atoms with E-state index < -0.39 is 5.85 Å². The number of halogens is 1. The van der Waals surface area contributed by atoms with E-state index in [-0.39, 0.29) is 6.04 Å². The molecule has 2 nitrogen and oxygen atoms in total. The van der Waals surface area contributed by atoms with Crippen molar-refractivity contribution in [1.29, 1.82) is 0 Å². The molecule has 2 unspecified atom stereocenters. The minimum absolute atomic E-state index is 0.175. The van der Waals surface area contributed by atoms with Gasteiger partial charge in [-0.2, -0.15) is 4.39 Å². The Bertz CT molecular complexity index is 221. The third-order valence-corrected chi connectivity index (χ3v) is 2.45. The average Bonchev–Trinajstić information content (AvgIpc) is 2.61. The molecule has 2 rings (SSSR count). The molecule has 0 spiro atoms. The lowest BCUT2D eigenvalue weighted by molar-refractivity contribution is -0.0793. The highest BCUT2D eigenvalue weighted by atomic mass is 19.2. The van der Waals surface area contributed by atoms with Crippen molar-refractivity contribution in [2.45, 2.75) is 45.0 Å². The second kappa shape index (κ2) is 2.44. The maximum absolute atomic E-state index is 13.5. The molecule has 0 aromatic rings. The van der Waals surface area contributed by atoms with Gasteiger partial charge in [0.15, 0.2) is 5.90 Å². The van der Waals surface area contributed by atoms with E-state index in [0.29, 0.717) is 18.2 Å². The fraction of sp³-hybridized carbons (Fsp3) is 0.889. The molecule has 68 valence electrons. The van der Waals surface area contributed by atoms with Crippen LogP contribution in [0.1, 0.15) is 33.1 Å². The van der Waals surface area contributed by atoms with Crippen LogP contribution in [-0.4, -0.2) is 17.8 Å². The Balaban J connectivity index is 2.10. The molecule has 1 fully saturated rings. The lowest BCUT2D eigenvalue weighted by Gasteiger charge is -2.30. The highest BCUT2D eigenvalue weighted by molar-refractivity contribution is 5.74. The van der Waals surface area contributed by atoms with Crippen molar-refractivity contribution in [3.8, 4) is 0 Å². The zero-order valence-electron chi connectivity index (χ0n) is 7.51. The summed E-state index contributed by atoms with van der Waals surface area (Å²) >= 11 is 0. The first-order chi connectivity index (χ1) is 5.57. The number of rotatable bonds is 1.